The molecular weight excluding hydrogens is 535 g/mol. The summed E-state index contributed by atoms with van der Waals surface area (Å²) in [6.07, 6.45) is -10.4. The molecule has 0 unspecified atom stereocenters. The molecule has 0 amide bonds. The van der Waals surface area contributed by atoms with Gasteiger partial charge in [0, 0.05) is 5.30 Å². The van der Waals surface area contributed by atoms with Crippen molar-refractivity contribution in [3.05, 3.63) is 114 Å². The van der Waals surface area contributed by atoms with Gasteiger partial charge in [-0.1, -0.05) is 60.7 Å². The molecule has 0 bridgehead atoms. The zero-order chi connectivity index (χ0) is 27.5. The van der Waals surface area contributed by atoms with Crippen molar-refractivity contribution in [3.8, 4) is 0 Å². The second-order valence-corrected chi connectivity index (χ2v) is 11.2. The quantitative estimate of drug-likeness (QED) is 0.127. The van der Waals surface area contributed by atoms with Gasteiger partial charge in [0.1, 0.15) is 11.6 Å². The average Bonchev–Trinajstić information content (AvgIpc) is 2.86. The second kappa shape index (κ2) is 8.95. The topological polar surface area (TPSA) is 17.1 Å². The molecule has 194 valence electrons. The molecule has 5 aromatic rings. The Morgan fingerprint density at radius 1 is 0.500 bits per heavy atom. The van der Waals surface area contributed by atoms with Gasteiger partial charge in [-0.3, -0.25) is 0 Å². The zero-order valence-electron chi connectivity index (χ0n) is 19.0. The van der Waals surface area contributed by atoms with Crippen molar-refractivity contribution in [2.75, 3.05) is 0 Å². The molecule has 0 aliphatic rings. The van der Waals surface area contributed by atoms with Gasteiger partial charge in [0.25, 0.3) is 0 Å². The molecule has 0 aliphatic carbocycles. The molecule has 0 radical (unpaired) electrons. The predicted molar refractivity (Wildman–Crippen MR) is 131 cm³/mol. The van der Waals surface area contributed by atoms with Crippen molar-refractivity contribution in [1.29, 1.82) is 0 Å². The molecule has 5 rings (SSSR count). The third-order valence-electron chi connectivity index (χ3n) is 6.33. The van der Waals surface area contributed by atoms with Crippen LogP contribution in [-0.2, 0) is 16.9 Å². The number of benzene rings is 5. The van der Waals surface area contributed by atoms with E-state index in [1.165, 1.54) is 18.2 Å². The lowest BCUT2D eigenvalue weighted by atomic mass is 10.0. The number of rotatable bonds is 3. The minimum Gasteiger partial charge on any atom is -0.308 e. The maximum Gasteiger partial charge on any atom is 0.419 e. The third-order valence-corrected chi connectivity index (χ3v) is 9.43. The number of halogens is 8. The lowest BCUT2D eigenvalue weighted by Gasteiger charge is -2.25. The first-order valence-electron chi connectivity index (χ1n) is 11.1. The fraction of sp³-hybridized carbons (Fsp3) is 0.0714. The molecule has 0 aliphatic heterocycles. The molecule has 5 aromatic carbocycles. The highest BCUT2D eigenvalue weighted by atomic mass is 31.2. The highest BCUT2D eigenvalue weighted by molar-refractivity contribution is 7.85. The Morgan fingerprint density at radius 3 is 1.45 bits per heavy atom. The molecule has 0 atom stereocenters. The van der Waals surface area contributed by atoms with Crippen molar-refractivity contribution in [3.63, 3.8) is 0 Å². The summed E-state index contributed by atoms with van der Waals surface area (Å²) in [4.78, 5) is 0. The van der Waals surface area contributed by atoms with Crippen LogP contribution in [0.5, 0.6) is 0 Å². The Hall–Kier alpha value is -3.71. The first kappa shape index (κ1) is 25.9. The number of hydrogen-bond acceptors (Lipinski definition) is 1. The van der Waals surface area contributed by atoms with E-state index in [2.05, 4.69) is 0 Å². The summed E-state index contributed by atoms with van der Waals surface area (Å²) in [5, 5.41) is -0.683. The zero-order valence-corrected chi connectivity index (χ0v) is 19.9. The lowest BCUT2D eigenvalue weighted by Crippen LogP contribution is -2.32. The highest BCUT2D eigenvalue weighted by Gasteiger charge is 2.44. The van der Waals surface area contributed by atoms with E-state index < -0.39 is 52.9 Å². The van der Waals surface area contributed by atoms with Gasteiger partial charge in [-0.15, -0.1) is 0 Å². The summed E-state index contributed by atoms with van der Waals surface area (Å²) in [5.41, 5.74) is -3.54. The van der Waals surface area contributed by atoms with Crippen LogP contribution >= 0.6 is 7.14 Å². The Kier molecular flexibility index (Phi) is 6.10. The highest BCUT2D eigenvalue weighted by Crippen LogP contribution is 2.49. The van der Waals surface area contributed by atoms with E-state index in [1.54, 1.807) is 36.4 Å². The smallest absolute Gasteiger partial charge is 0.308 e. The molecule has 1 nitrogen and oxygen atoms in total. The fourth-order valence-electron chi connectivity index (χ4n) is 4.65. The SMILES string of the molecule is O=P(c1cccc(C(F)(F)F)c1F)(c1cccc(C(F)(F)F)c1F)c1cc2ccccc2c2ccccc12. The van der Waals surface area contributed by atoms with E-state index in [4.69, 9.17) is 0 Å². The van der Waals surface area contributed by atoms with Crippen LogP contribution in [0.3, 0.4) is 0 Å². The fourth-order valence-corrected chi connectivity index (χ4v) is 7.67. The van der Waals surface area contributed by atoms with Crippen molar-refractivity contribution in [2.45, 2.75) is 12.4 Å². The van der Waals surface area contributed by atoms with Gasteiger partial charge in [-0.05, 0) is 51.9 Å². The molecule has 0 fully saturated rings. The Bertz CT molecular complexity index is 1690. The van der Waals surface area contributed by atoms with Gasteiger partial charge < -0.3 is 4.57 Å². The van der Waals surface area contributed by atoms with E-state index in [0.717, 1.165) is 24.3 Å². The van der Waals surface area contributed by atoms with Crippen molar-refractivity contribution in [2.24, 2.45) is 0 Å². The monoisotopic (exact) mass is 550 g/mol. The number of hydrogen-bond donors (Lipinski definition) is 0. The first-order valence-corrected chi connectivity index (χ1v) is 12.8. The van der Waals surface area contributed by atoms with Gasteiger partial charge >= 0.3 is 12.4 Å². The standard InChI is InChI=1S/C28H15F8OP/c29-25-20(27(31,32)33)11-5-13-22(25)38(37,23-14-6-12-21(26(23)30)28(34,35)36)24-15-16-7-1-2-8-17(16)18-9-3-4-10-19(18)24/h1-15H. The Labute approximate surface area is 210 Å². The van der Waals surface area contributed by atoms with Crippen LogP contribution in [-0.4, -0.2) is 0 Å². The molecule has 10 heteroatoms. The van der Waals surface area contributed by atoms with Crippen LogP contribution in [0.15, 0.2) is 91.0 Å². The second-order valence-electron chi connectivity index (χ2n) is 8.54. The van der Waals surface area contributed by atoms with Gasteiger partial charge in [0.05, 0.1) is 21.7 Å². The van der Waals surface area contributed by atoms with E-state index in [1.807, 2.05) is 0 Å². The van der Waals surface area contributed by atoms with Crippen molar-refractivity contribution in [1.82, 2.24) is 0 Å². The summed E-state index contributed by atoms with van der Waals surface area (Å²) >= 11 is 0. The molecule has 38 heavy (non-hydrogen) atoms. The Morgan fingerprint density at radius 2 is 0.947 bits per heavy atom. The summed E-state index contributed by atoms with van der Waals surface area (Å²) < 4.78 is 128. The predicted octanol–water partition coefficient (Wildman–Crippen LogP) is 7.95. The van der Waals surface area contributed by atoms with E-state index in [9.17, 15) is 26.3 Å². The maximum atomic E-state index is 15.6. The Balaban J connectivity index is 2.00. The van der Waals surface area contributed by atoms with Gasteiger partial charge in [-0.25, -0.2) is 8.78 Å². The minimum atomic E-state index is -5.21. The normalized spacial score (nSPS) is 12.8. The largest absolute Gasteiger partial charge is 0.419 e. The number of alkyl halides is 6. The molecule has 0 N–H and O–H groups in total. The number of fused-ring (bicyclic) bond motifs is 3. The van der Waals surface area contributed by atoms with Crippen molar-refractivity contribution < 1.29 is 39.7 Å². The van der Waals surface area contributed by atoms with E-state index in [-0.39, 0.29) is 10.7 Å². The lowest BCUT2D eigenvalue weighted by molar-refractivity contribution is -0.140. The summed E-state index contributed by atoms with van der Waals surface area (Å²) in [7, 11) is -5.04. The molecular formula is C28H15F8OP. The molecule has 0 aromatic heterocycles. The van der Waals surface area contributed by atoms with E-state index >= 15 is 13.3 Å². The van der Waals surface area contributed by atoms with Crippen LogP contribution in [0.25, 0.3) is 21.5 Å². The van der Waals surface area contributed by atoms with Gasteiger partial charge in [0.2, 0.25) is 0 Å². The van der Waals surface area contributed by atoms with Crippen molar-refractivity contribution >= 4 is 44.6 Å². The van der Waals surface area contributed by atoms with Gasteiger partial charge in [0.15, 0.2) is 7.14 Å². The average molecular weight is 550 g/mol. The van der Waals surface area contributed by atoms with Crippen LogP contribution in [0.2, 0.25) is 0 Å². The van der Waals surface area contributed by atoms with Crippen LogP contribution in [0, 0.1) is 11.6 Å². The van der Waals surface area contributed by atoms with E-state index in [0.29, 0.717) is 28.3 Å². The molecule has 0 spiro atoms. The molecule has 0 heterocycles. The summed E-state index contributed by atoms with van der Waals surface area (Å²) in [6, 6.07) is 18.2. The summed E-state index contributed by atoms with van der Waals surface area (Å²) in [6.45, 7) is 0. The molecule has 0 saturated carbocycles. The van der Waals surface area contributed by atoms with Crippen LogP contribution < -0.4 is 15.9 Å². The minimum absolute atomic E-state index is 0.170. The first-order chi connectivity index (χ1) is 17.8. The van der Waals surface area contributed by atoms with Crippen LogP contribution in [0.1, 0.15) is 11.1 Å². The maximum absolute atomic E-state index is 15.6. The summed E-state index contributed by atoms with van der Waals surface area (Å²) in [5.74, 6) is -3.89. The third kappa shape index (κ3) is 4.06. The van der Waals surface area contributed by atoms with Gasteiger partial charge in [-0.2, -0.15) is 26.3 Å². The molecule has 0 saturated heterocycles. The van der Waals surface area contributed by atoms with Crippen LogP contribution in [0.4, 0.5) is 35.1 Å².